The fourth-order valence-electron chi connectivity index (χ4n) is 5.80. The Bertz CT molecular complexity index is 1840. The first-order valence-electron chi connectivity index (χ1n) is 16.1. The van der Waals surface area contributed by atoms with Crippen molar-refractivity contribution in [1.29, 1.82) is 0 Å². The van der Waals surface area contributed by atoms with E-state index in [9.17, 15) is 14.0 Å². The van der Waals surface area contributed by atoms with Crippen LogP contribution in [-0.4, -0.2) is 75.9 Å². The van der Waals surface area contributed by atoms with Gasteiger partial charge in [0.2, 0.25) is 0 Å². The lowest BCUT2D eigenvalue weighted by Crippen LogP contribution is -2.50. The summed E-state index contributed by atoms with van der Waals surface area (Å²) in [5.41, 5.74) is 2.60. The minimum absolute atomic E-state index is 0.0685. The standard InChI is InChI=1S/C35H40F2N6O4S/c1-5-27-31(39-48-42-15-14-23(36)21-42)13-11-29(37)32(27)46-26-10-12-30-28(20-26)33(44)43(22-38-30)25-8-6-24(7-9-25)40-16-18-41(19-17-40)34(45)47-35(2,3)4/h6-13,20,22-23,39H,5,14-19,21H2,1-4H3. The first-order valence-corrected chi connectivity index (χ1v) is 16.9. The molecule has 1 amide bonds. The third-order valence-electron chi connectivity index (χ3n) is 8.32. The minimum Gasteiger partial charge on any atom is -0.454 e. The number of alkyl halides is 1. The Kier molecular flexibility index (Phi) is 9.79. The molecule has 2 saturated heterocycles. The summed E-state index contributed by atoms with van der Waals surface area (Å²) in [4.78, 5) is 34.5. The van der Waals surface area contributed by atoms with Gasteiger partial charge in [-0.05, 0) is 88.2 Å². The van der Waals surface area contributed by atoms with Crippen LogP contribution >= 0.6 is 12.1 Å². The smallest absolute Gasteiger partial charge is 0.410 e. The van der Waals surface area contributed by atoms with Crippen LogP contribution in [0.5, 0.6) is 11.5 Å². The Balaban J connectivity index is 1.17. The number of carbonyl (C=O) groups excluding carboxylic acids is 1. The van der Waals surface area contributed by atoms with E-state index < -0.39 is 17.6 Å². The number of carbonyl (C=O) groups is 1. The largest absolute Gasteiger partial charge is 0.454 e. The number of anilines is 2. The maximum Gasteiger partial charge on any atom is 0.410 e. The van der Waals surface area contributed by atoms with Crippen LogP contribution in [-0.2, 0) is 11.2 Å². The number of hydrogen-bond acceptors (Lipinski definition) is 9. The quantitative estimate of drug-likeness (QED) is 0.199. The Morgan fingerprint density at radius 2 is 1.75 bits per heavy atom. The second kappa shape index (κ2) is 14.0. The van der Waals surface area contributed by atoms with E-state index in [-0.39, 0.29) is 17.4 Å². The van der Waals surface area contributed by atoms with Crippen LogP contribution in [0.2, 0.25) is 0 Å². The normalized spacial score (nSPS) is 17.2. The summed E-state index contributed by atoms with van der Waals surface area (Å²) in [6.45, 7) is 10.9. The van der Waals surface area contributed by atoms with E-state index in [0.29, 0.717) is 85.7 Å². The lowest BCUT2D eigenvalue weighted by molar-refractivity contribution is 0.0240. The Morgan fingerprint density at radius 3 is 2.42 bits per heavy atom. The molecule has 254 valence electrons. The van der Waals surface area contributed by atoms with Crippen LogP contribution in [0.3, 0.4) is 0 Å². The van der Waals surface area contributed by atoms with Crippen molar-refractivity contribution in [3.8, 4) is 17.2 Å². The lowest BCUT2D eigenvalue weighted by atomic mass is 10.1. The molecule has 3 aromatic carbocycles. The van der Waals surface area contributed by atoms with Crippen molar-refractivity contribution in [2.75, 3.05) is 48.9 Å². The van der Waals surface area contributed by atoms with Gasteiger partial charge in [-0.1, -0.05) is 6.92 Å². The van der Waals surface area contributed by atoms with Crippen molar-refractivity contribution in [2.45, 2.75) is 52.3 Å². The van der Waals surface area contributed by atoms with Crippen LogP contribution in [0.4, 0.5) is 25.0 Å². The van der Waals surface area contributed by atoms with Gasteiger partial charge in [-0.15, -0.1) is 0 Å². The second-order valence-electron chi connectivity index (χ2n) is 12.9. The van der Waals surface area contributed by atoms with E-state index in [1.54, 1.807) is 29.2 Å². The highest BCUT2D eigenvalue weighted by atomic mass is 32.2. The van der Waals surface area contributed by atoms with Gasteiger partial charge in [-0.2, -0.15) is 0 Å². The topological polar surface area (TPSA) is 92.2 Å². The van der Waals surface area contributed by atoms with Crippen LogP contribution in [0.15, 0.2) is 65.7 Å². The second-order valence-corrected chi connectivity index (χ2v) is 13.8. The first-order chi connectivity index (χ1) is 23.0. The van der Waals surface area contributed by atoms with Gasteiger partial charge in [-0.25, -0.2) is 22.9 Å². The van der Waals surface area contributed by atoms with Crippen molar-refractivity contribution < 1.29 is 23.0 Å². The van der Waals surface area contributed by atoms with Gasteiger partial charge in [0.05, 0.1) is 22.3 Å². The highest BCUT2D eigenvalue weighted by molar-refractivity contribution is 7.98. The number of ether oxygens (including phenoxy) is 2. The molecular formula is C35H40F2N6O4S. The zero-order valence-electron chi connectivity index (χ0n) is 27.5. The molecule has 3 heterocycles. The average molecular weight is 679 g/mol. The summed E-state index contributed by atoms with van der Waals surface area (Å²) in [6, 6.07) is 15.5. The van der Waals surface area contributed by atoms with Crippen LogP contribution in [0.1, 0.15) is 39.7 Å². The zero-order chi connectivity index (χ0) is 34.0. The molecule has 0 spiro atoms. The van der Waals surface area contributed by atoms with Gasteiger partial charge in [-0.3, -0.25) is 9.36 Å². The molecule has 0 saturated carbocycles. The molecule has 10 nitrogen and oxygen atoms in total. The molecule has 13 heteroatoms. The van der Waals surface area contributed by atoms with E-state index in [2.05, 4.69) is 14.6 Å². The molecule has 0 radical (unpaired) electrons. The summed E-state index contributed by atoms with van der Waals surface area (Å²) in [5.74, 6) is -0.153. The SMILES string of the molecule is CCc1c(NSN2CCC(F)C2)ccc(F)c1Oc1ccc2ncn(-c3ccc(N4CCN(C(=O)OC(C)(C)C)CC4)cc3)c(=O)c2c1. The van der Waals surface area contributed by atoms with Crippen LogP contribution in [0, 0.1) is 5.82 Å². The maximum absolute atomic E-state index is 15.1. The molecule has 48 heavy (non-hydrogen) atoms. The number of hydrogen-bond donors (Lipinski definition) is 1. The van der Waals surface area contributed by atoms with E-state index in [1.165, 1.54) is 29.1 Å². The summed E-state index contributed by atoms with van der Waals surface area (Å²) < 4.78 is 46.9. The van der Waals surface area contributed by atoms with Crippen molar-refractivity contribution in [2.24, 2.45) is 0 Å². The molecule has 1 aromatic heterocycles. The van der Waals surface area contributed by atoms with E-state index in [0.717, 1.165) is 5.69 Å². The third kappa shape index (κ3) is 7.52. The van der Waals surface area contributed by atoms with Crippen molar-refractivity contribution in [3.05, 3.63) is 82.7 Å². The number of rotatable bonds is 8. The van der Waals surface area contributed by atoms with Gasteiger partial charge >= 0.3 is 6.09 Å². The van der Waals surface area contributed by atoms with E-state index >= 15 is 4.39 Å². The molecule has 0 bridgehead atoms. The number of nitrogens with zero attached hydrogens (tertiary/aromatic N) is 5. The third-order valence-corrected chi connectivity index (χ3v) is 9.22. The van der Waals surface area contributed by atoms with Gasteiger partial charge in [0, 0.05) is 62.7 Å². The monoisotopic (exact) mass is 678 g/mol. The van der Waals surface area contributed by atoms with E-state index in [4.69, 9.17) is 9.47 Å². The number of fused-ring (bicyclic) bond motifs is 1. The predicted molar refractivity (Wildman–Crippen MR) is 186 cm³/mol. The lowest BCUT2D eigenvalue weighted by Gasteiger charge is -2.36. The van der Waals surface area contributed by atoms with Gasteiger partial charge in [0.25, 0.3) is 5.56 Å². The molecule has 4 aromatic rings. The number of halogens is 2. The highest BCUT2D eigenvalue weighted by Crippen LogP contribution is 2.36. The Hall–Kier alpha value is -4.36. The molecular weight excluding hydrogens is 638 g/mol. The minimum atomic E-state index is -0.844. The molecule has 1 atom stereocenters. The van der Waals surface area contributed by atoms with Crippen LogP contribution < -0.4 is 19.9 Å². The number of benzene rings is 3. The first kappa shape index (κ1) is 33.5. The van der Waals surface area contributed by atoms with Gasteiger partial charge in [0.1, 0.15) is 23.8 Å². The van der Waals surface area contributed by atoms with Crippen molar-refractivity contribution in [1.82, 2.24) is 18.8 Å². The molecule has 1 N–H and O–H groups in total. The molecule has 2 aliphatic rings. The molecule has 6 rings (SSSR count). The van der Waals surface area contributed by atoms with E-state index in [1.807, 2.05) is 56.3 Å². The Morgan fingerprint density at radius 1 is 1.02 bits per heavy atom. The van der Waals surface area contributed by atoms with Crippen molar-refractivity contribution in [3.63, 3.8) is 0 Å². The van der Waals surface area contributed by atoms with Gasteiger partial charge in [0.15, 0.2) is 11.6 Å². The predicted octanol–water partition coefficient (Wildman–Crippen LogP) is 6.96. The summed E-state index contributed by atoms with van der Waals surface area (Å²) >= 11 is 1.30. The Labute approximate surface area is 282 Å². The molecule has 0 aliphatic carbocycles. The number of aromatic nitrogens is 2. The summed E-state index contributed by atoms with van der Waals surface area (Å²) in [5, 5.41) is 0.329. The zero-order valence-corrected chi connectivity index (χ0v) is 28.4. The molecule has 2 aliphatic heterocycles. The number of piperazine rings is 1. The average Bonchev–Trinajstić information content (AvgIpc) is 3.49. The molecule has 2 fully saturated rings. The van der Waals surface area contributed by atoms with Gasteiger partial charge < -0.3 is 24.0 Å². The summed E-state index contributed by atoms with van der Waals surface area (Å²) in [7, 11) is 0. The highest BCUT2D eigenvalue weighted by Gasteiger charge is 2.26. The maximum atomic E-state index is 15.1. The number of nitrogens with one attached hydrogen (secondary N) is 1. The number of amides is 1. The molecule has 1 unspecified atom stereocenters. The summed E-state index contributed by atoms with van der Waals surface area (Å²) in [6.07, 6.45) is 1.32. The fourth-order valence-corrected chi connectivity index (χ4v) is 6.66. The van der Waals surface area contributed by atoms with Crippen molar-refractivity contribution >= 4 is 40.5 Å². The van der Waals surface area contributed by atoms with Crippen LogP contribution in [0.25, 0.3) is 16.6 Å². The fraction of sp³-hybridized carbons (Fsp3) is 0.400.